The standard InChI is InChI=1S/C12H14N4O3S/c1-18-8-3-7(4-9(5-8)19-2)11-14-12(16-15-11)20-6-10(13)17/h3-5H,6H2,1-2H3,(H2,13,17)(H,14,15,16). The third-order valence-corrected chi connectivity index (χ3v) is 3.30. The van der Waals surface area contributed by atoms with E-state index in [1.807, 2.05) is 12.1 Å². The highest BCUT2D eigenvalue weighted by Gasteiger charge is 2.10. The maximum atomic E-state index is 10.7. The number of hydrogen-bond acceptors (Lipinski definition) is 6. The number of H-pyrrole nitrogens is 1. The van der Waals surface area contributed by atoms with Gasteiger partial charge < -0.3 is 15.2 Å². The number of nitrogens with zero attached hydrogens (tertiary/aromatic N) is 2. The largest absolute Gasteiger partial charge is 0.497 e. The molecule has 1 aromatic carbocycles. The summed E-state index contributed by atoms with van der Waals surface area (Å²) < 4.78 is 10.4. The molecule has 0 saturated heterocycles. The predicted octanol–water partition coefficient (Wildman–Crippen LogP) is 1.07. The Morgan fingerprint density at radius 2 is 1.95 bits per heavy atom. The predicted molar refractivity (Wildman–Crippen MR) is 74.8 cm³/mol. The first-order valence-corrected chi connectivity index (χ1v) is 6.68. The van der Waals surface area contributed by atoms with E-state index in [2.05, 4.69) is 15.2 Å². The maximum Gasteiger partial charge on any atom is 0.227 e. The van der Waals surface area contributed by atoms with Gasteiger partial charge in [0.25, 0.3) is 0 Å². The van der Waals surface area contributed by atoms with Crippen molar-refractivity contribution in [2.75, 3.05) is 20.0 Å². The van der Waals surface area contributed by atoms with E-state index in [1.54, 1.807) is 20.3 Å². The van der Waals surface area contributed by atoms with Gasteiger partial charge in [0.05, 0.1) is 20.0 Å². The maximum absolute atomic E-state index is 10.7. The zero-order chi connectivity index (χ0) is 14.5. The van der Waals surface area contributed by atoms with Crippen LogP contribution in [0.1, 0.15) is 0 Å². The monoisotopic (exact) mass is 294 g/mol. The van der Waals surface area contributed by atoms with Crippen LogP contribution in [0.3, 0.4) is 0 Å². The van der Waals surface area contributed by atoms with Crippen molar-refractivity contribution in [3.63, 3.8) is 0 Å². The van der Waals surface area contributed by atoms with E-state index in [-0.39, 0.29) is 5.75 Å². The summed E-state index contributed by atoms with van der Waals surface area (Å²) in [5, 5.41) is 7.28. The van der Waals surface area contributed by atoms with Crippen molar-refractivity contribution < 1.29 is 14.3 Å². The molecule has 20 heavy (non-hydrogen) atoms. The van der Waals surface area contributed by atoms with Crippen molar-refractivity contribution >= 4 is 17.7 Å². The SMILES string of the molecule is COc1cc(OC)cc(-c2nc(SCC(N)=O)n[nH]2)c1. The molecule has 0 fully saturated rings. The van der Waals surface area contributed by atoms with E-state index in [9.17, 15) is 4.79 Å². The van der Waals surface area contributed by atoms with Crippen molar-refractivity contribution in [2.45, 2.75) is 5.16 Å². The van der Waals surface area contributed by atoms with Gasteiger partial charge in [0.2, 0.25) is 11.1 Å². The minimum atomic E-state index is -0.413. The summed E-state index contributed by atoms with van der Waals surface area (Å²) in [5.41, 5.74) is 5.85. The van der Waals surface area contributed by atoms with Crippen LogP contribution >= 0.6 is 11.8 Å². The smallest absolute Gasteiger partial charge is 0.227 e. The Balaban J connectivity index is 2.24. The lowest BCUT2D eigenvalue weighted by Gasteiger charge is -2.06. The normalized spacial score (nSPS) is 10.3. The van der Waals surface area contributed by atoms with Crippen LogP contribution in [-0.2, 0) is 4.79 Å². The molecule has 0 unspecified atom stereocenters. The summed E-state index contributed by atoms with van der Waals surface area (Å²) in [6, 6.07) is 5.39. The van der Waals surface area contributed by atoms with Crippen LogP contribution in [0.15, 0.2) is 23.4 Å². The molecule has 0 bridgehead atoms. The summed E-state index contributed by atoms with van der Waals surface area (Å²) in [7, 11) is 3.15. The Hall–Kier alpha value is -2.22. The molecule has 2 aromatic rings. The number of carbonyl (C=O) groups is 1. The van der Waals surface area contributed by atoms with Gasteiger partial charge in [-0.05, 0) is 12.1 Å². The third kappa shape index (κ3) is 3.41. The molecule has 1 aromatic heterocycles. The van der Waals surface area contributed by atoms with Gasteiger partial charge in [-0.2, -0.15) is 0 Å². The summed E-state index contributed by atoms with van der Waals surface area (Å²) in [4.78, 5) is 15.0. The lowest BCUT2D eigenvalue weighted by atomic mass is 10.2. The van der Waals surface area contributed by atoms with Crippen LogP contribution in [0.25, 0.3) is 11.4 Å². The molecule has 7 nitrogen and oxygen atoms in total. The van der Waals surface area contributed by atoms with Crippen LogP contribution in [0, 0.1) is 0 Å². The van der Waals surface area contributed by atoms with E-state index in [1.165, 1.54) is 11.8 Å². The van der Waals surface area contributed by atoms with Gasteiger partial charge in [-0.15, -0.1) is 5.10 Å². The Morgan fingerprint density at radius 3 is 2.50 bits per heavy atom. The molecule has 1 heterocycles. The molecule has 0 saturated carbocycles. The van der Waals surface area contributed by atoms with Gasteiger partial charge in [0, 0.05) is 11.6 Å². The number of ether oxygens (including phenoxy) is 2. The fourth-order valence-corrected chi connectivity index (χ4v) is 2.06. The first kappa shape index (κ1) is 14.2. The number of aromatic nitrogens is 3. The van der Waals surface area contributed by atoms with Crippen molar-refractivity contribution in [1.82, 2.24) is 15.2 Å². The molecule has 8 heteroatoms. The van der Waals surface area contributed by atoms with Gasteiger partial charge in [-0.3, -0.25) is 9.89 Å². The number of thioether (sulfide) groups is 1. The number of primary amides is 1. The van der Waals surface area contributed by atoms with E-state index < -0.39 is 5.91 Å². The molecular weight excluding hydrogens is 280 g/mol. The average Bonchev–Trinajstić information content (AvgIpc) is 2.93. The van der Waals surface area contributed by atoms with Gasteiger partial charge in [-0.1, -0.05) is 11.8 Å². The molecular formula is C12H14N4O3S. The third-order valence-electron chi connectivity index (χ3n) is 2.43. The molecule has 0 aliphatic rings. The van der Waals surface area contributed by atoms with Crippen molar-refractivity contribution in [2.24, 2.45) is 5.73 Å². The quantitative estimate of drug-likeness (QED) is 0.772. The molecule has 0 atom stereocenters. The Bertz CT molecular complexity index is 592. The van der Waals surface area contributed by atoms with Crippen LogP contribution in [-0.4, -0.2) is 41.1 Å². The molecule has 106 valence electrons. The van der Waals surface area contributed by atoms with Gasteiger partial charge in [0.1, 0.15) is 11.5 Å². The summed E-state index contributed by atoms with van der Waals surface area (Å²) in [6.07, 6.45) is 0. The Labute approximate surface area is 119 Å². The second-order valence-electron chi connectivity index (χ2n) is 3.82. The zero-order valence-electron chi connectivity index (χ0n) is 11.0. The number of amides is 1. The van der Waals surface area contributed by atoms with E-state index in [0.29, 0.717) is 22.5 Å². The Morgan fingerprint density at radius 1 is 1.30 bits per heavy atom. The first-order valence-electron chi connectivity index (χ1n) is 5.69. The fraction of sp³-hybridized carbons (Fsp3) is 0.250. The number of methoxy groups -OCH3 is 2. The summed E-state index contributed by atoms with van der Waals surface area (Å²) in [5.74, 6) is 1.60. The first-order chi connectivity index (χ1) is 9.62. The van der Waals surface area contributed by atoms with E-state index >= 15 is 0 Å². The topological polar surface area (TPSA) is 103 Å². The molecule has 2 rings (SSSR count). The van der Waals surface area contributed by atoms with Gasteiger partial charge in [0.15, 0.2) is 5.82 Å². The summed E-state index contributed by atoms with van der Waals surface area (Å²) in [6.45, 7) is 0. The molecule has 0 aliphatic carbocycles. The van der Waals surface area contributed by atoms with Gasteiger partial charge in [-0.25, -0.2) is 4.98 Å². The fourth-order valence-electron chi connectivity index (χ4n) is 1.52. The number of carbonyl (C=O) groups excluding carboxylic acids is 1. The Kier molecular flexibility index (Phi) is 4.46. The molecule has 0 spiro atoms. The zero-order valence-corrected chi connectivity index (χ0v) is 11.9. The van der Waals surface area contributed by atoms with Crippen LogP contribution in [0.4, 0.5) is 0 Å². The van der Waals surface area contributed by atoms with Crippen molar-refractivity contribution in [3.8, 4) is 22.9 Å². The number of hydrogen-bond donors (Lipinski definition) is 2. The summed E-state index contributed by atoms with van der Waals surface area (Å²) >= 11 is 1.17. The highest BCUT2D eigenvalue weighted by Crippen LogP contribution is 2.28. The minimum Gasteiger partial charge on any atom is -0.497 e. The highest BCUT2D eigenvalue weighted by molar-refractivity contribution is 7.99. The number of nitrogens with one attached hydrogen (secondary N) is 1. The number of aromatic amines is 1. The van der Waals surface area contributed by atoms with Crippen LogP contribution in [0.5, 0.6) is 11.5 Å². The highest BCUT2D eigenvalue weighted by atomic mass is 32.2. The average molecular weight is 294 g/mol. The number of benzene rings is 1. The van der Waals surface area contributed by atoms with Gasteiger partial charge >= 0.3 is 0 Å². The molecule has 0 radical (unpaired) electrons. The van der Waals surface area contributed by atoms with E-state index in [0.717, 1.165) is 5.56 Å². The molecule has 0 aliphatic heterocycles. The van der Waals surface area contributed by atoms with E-state index in [4.69, 9.17) is 15.2 Å². The van der Waals surface area contributed by atoms with Crippen molar-refractivity contribution in [1.29, 1.82) is 0 Å². The molecule has 3 N–H and O–H groups in total. The number of nitrogens with two attached hydrogens (primary N) is 1. The number of rotatable bonds is 6. The second kappa shape index (κ2) is 6.29. The lowest BCUT2D eigenvalue weighted by Crippen LogP contribution is -2.13. The molecule has 1 amide bonds. The second-order valence-corrected chi connectivity index (χ2v) is 4.77. The lowest BCUT2D eigenvalue weighted by molar-refractivity contribution is -0.115. The van der Waals surface area contributed by atoms with Crippen molar-refractivity contribution in [3.05, 3.63) is 18.2 Å². The van der Waals surface area contributed by atoms with Crippen LogP contribution < -0.4 is 15.2 Å². The minimum absolute atomic E-state index is 0.138. The van der Waals surface area contributed by atoms with Crippen LogP contribution in [0.2, 0.25) is 0 Å².